The van der Waals surface area contributed by atoms with Gasteiger partial charge in [0.25, 0.3) is 0 Å². The fourth-order valence-corrected chi connectivity index (χ4v) is 2.38. The number of nitrogens with one attached hydrogen (secondary N) is 1. The smallest absolute Gasteiger partial charge is 0.239 e. The predicted octanol–water partition coefficient (Wildman–Crippen LogP) is 0.454. The third-order valence-corrected chi connectivity index (χ3v) is 3.56. The van der Waals surface area contributed by atoms with Gasteiger partial charge in [0.05, 0.1) is 6.04 Å². The van der Waals surface area contributed by atoms with E-state index in [2.05, 4.69) is 5.32 Å². The van der Waals surface area contributed by atoms with Crippen LogP contribution in [0.3, 0.4) is 0 Å². The van der Waals surface area contributed by atoms with E-state index in [4.69, 9.17) is 0 Å². The van der Waals surface area contributed by atoms with Crippen molar-refractivity contribution in [2.24, 2.45) is 0 Å². The lowest BCUT2D eigenvalue weighted by atomic mass is 10.0. The van der Waals surface area contributed by atoms with Crippen LogP contribution in [0.1, 0.15) is 33.6 Å². The number of piperidine rings is 1. The second-order valence-corrected chi connectivity index (χ2v) is 4.91. The molecule has 1 saturated heterocycles. The summed E-state index contributed by atoms with van der Waals surface area (Å²) in [5.41, 5.74) is 0. The zero-order valence-electron chi connectivity index (χ0n) is 11.9. The van der Waals surface area contributed by atoms with E-state index < -0.39 is 0 Å². The highest BCUT2D eigenvalue weighted by atomic mass is 16.2. The monoisotopic (exact) mass is 255 g/mol. The third-order valence-electron chi connectivity index (χ3n) is 3.56. The number of likely N-dealkylation sites (N-methyl/N-ethyl adjacent to an activating group) is 2. The first-order valence-electron chi connectivity index (χ1n) is 6.78. The second-order valence-electron chi connectivity index (χ2n) is 4.91. The first-order chi connectivity index (χ1) is 8.49. The van der Waals surface area contributed by atoms with Gasteiger partial charge in [0, 0.05) is 39.1 Å². The Morgan fingerprint density at radius 2 is 2.11 bits per heavy atom. The molecule has 0 spiro atoms. The molecule has 2 atom stereocenters. The Hall–Kier alpha value is -1.10. The van der Waals surface area contributed by atoms with Crippen LogP contribution in [-0.4, -0.2) is 60.4 Å². The molecule has 1 N–H and O–H groups in total. The van der Waals surface area contributed by atoms with Gasteiger partial charge in [-0.2, -0.15) is 0 Å². The summed E-state index contributed by atoms with van der Waals surface area (Å²) in [4.78, 5) is 27.1. The minimum absolute atomic E-state index is 0.138. The molecular weight excluding hydrogens is 230 g/mol. The molecule has 2 unspecified atom stereocenters. The van der Waals surface area contributed by atoms with Crippen LogP contribution in [0.5, 0.6) is 0 Å². The molecule has 0 aromatic heterocycles. The van der Waals surface area contributed by atoms with E-state index in [9.17, 15) is 9.59 Å². The fraction of sp³-hybridized carbons (Fsp3) is 0.846. The Balaban J connectivity index is 2.47. The van der Waals surface area contributed by atoms with Gasteiger partial charge in [-0.05, 0) is 27.2 Å². The van der Waals surface area contributed by atoms with E-state index in [0.29, 0.717) is 13.0 Å². The largest absolute Gasteiger partial charge is 0.344 e. The number of likely N-dealkylation sites (tertiary alicyclic amines) is 1. The zero-order chi connectivity index (χ0) is 13.7. The normalized spacial score (nSPS) is 21.9. The van der Waals surface area contributed by atoms with Crippen molar-refractivity contribution in [3.63, 3.8) is 0 Å². The summed E-state index contributed by atoms with van der Waals surface area (Å²) in [6.45, 7) is 8.04. The molecule has 2 amide bonds. The van der Waals surface area contributed by atoms with Crippen LogP contribution in [0, 0.1) is 0 Å². The maximum absolute atomic E-state index is 12.1. The van der Waals surface area contributed by atoms with Crippen LogP contribution in [0.15, 0.2) is 0 Å². The summed E-state index contributed by atoms with van der Waals surface area (Å²) >= 11 is 0. The van der Waals surface area contributed by atoms with Gasteiger partial charge < -0.3 is 15.1 Å². The first-order valence-corrected chi connectivity index (χ1v) is 6.78. The number of carbonyl (C=O) groups excluding carboxylic acids is 2. The van der Waals surface area contributed by atoms with Crippen molar-refractivity contribution in [3.8, 4) is 0 Å². The predicted molar refractivity (Wildman–Crippen MR) is 71.2 cm³/mol. The van der Waals surface area contributed by atoms with Crippen molar-refractivity contribution in [2.75, 3.05) is 26.7 Å². The SMILES string of the molecule is CCN(CC)C(=O)C(C)NC1CCC(=O)N(C)C1. The molecule has 0 saturated carbocycles. The van der Waals surface area contributed by atoms with Crippen molar-refractivity contribution in [1.82, 2.24) is 15.1 Å². The molecule has 0 aromatic carbocycles. The zero-order valence-corrected chi connectivity index (χ0v) is 11.9. The minimum atomic E-state index is -0.184. The molecule has 104 valence electrons. The lowest BCUT2D eigenvalue weighted by Crippen LogP contribution is -2.53. The van der Waals surface area contributed by atoms with Crippen LogP contribution in [0.2, 0.25) is 0 Å². The molecular formula is C13H25N3O2. The van der Waals surface area contributed by atoms with Gasteiger partial charge in [0.2, 0.25) is 11.8 Å². The minimum Gasteiger partial charge on any atom is -0.344 e. The molecule has 5 heteroatoms. The van der Waals surface area contributed by atoms with Gasteiger partial charge in [-0.1, -0.05) is 0 Å². The molecule has 0 aromatic rings. The number of hydrogen-bond acceptors (Lipinski definition) is 3. The maximum atomic E-state index is 12.1. The lowest BCUT2D eigenvalue weighted by molar-refractivity contribution is -0.134. The molecule has 0 aliphatic carbocycles. The lowest BCUT2D eigenvalue weighted by Gasteiger charge is -2.33. The number of nitrogens with zero attached hydrogens (tertiary/aromatic N) is 2. The topological polar surface area (TPSA) is 52.7 Å². The van der Waals surface area contributed by atoms with Gasteiger partial charge in [-0.25, -0.2) is 0 Å². The molecule has 0 bridgehead atoms. The van der Waals surface area contributed by atoms with Gasteiger partial charge in [-0.3, -0.25) is 9.59 Å². The molecule has 5 nitrogen and oxygen atoms in total. The van der Waals surface area contributed by atoms with Crippen molar-refractivity contribution in [3.05, 3.63) is 0 Å². The Morgan fingerprint density at radius 3 is 2.61 bits per heavy atom. The molecule has 1 aliphatic rings. The van der Waals surface area contributed by atoms with Crippen LogP contribution < -0.4 is 5.32 Å². The van der Waals surface area contributed by atoms with Gasteiger partial charge in [0.1, 0.15) is 0 Å². The number of hydrogen-bond donors (Lipinski definition) is 1. The van der Waals surface area contributed by atoms with E-state index in [1.165, 1.54) is 0 Å². The highest BCUT2D eigenvalue weighted by molar-refractivity contribution is 5.81. The summed E-state index contributed by atoms with van der Waals surface area (Å²) in [5.74, 6) is 0.329. The number of rotatable bonds is 5. The average molecular weight is 255 g/mol. The Labute approximate surface area is 110 Å². The molecule has 0 radical (unpaired) electrons. The summed E-state index contributed by atoms with van der Waals surface area (Å²) in [7, 11) is 1.81. The molecule has 18 heavy (non-hydrogen) atoms. The van der Waals surface area contributed by atoms with Crippen LogP contribution in [0.25, 0.3) is 0 Å². The summed E-state index contributed by atoms with van der Waals surface area (Å²) in [5, 5.41) is 3.33. The second kappa shape index (κ2) is 6.73. The van der Waals surface area contributed by atoms with Gasteiger partial charge >= 0.3 is 0 Å². The van der Waals surface area contributed by atoms with Crippen LogP contribution in [0.4, 0.5) is 0 Å². The quantitative estimate of drug-likeness (QED) is 0.776. The van der Waals surface area contributed by atoms with Crippen molar-refractivity contribution in [2.45, 2.75) is 45.7 Å². The first kappa shape index (κ1) is 15.0. The van der Waals surface area contributed by atoms with Gasteiger partial charge in [-0.15, -0.1) is 0 Å². The van der Waals surface area contributed by atoms with Crippen molar-refractivity contribution < 1.29 is 9.59 Å². The van der Waals surface area contributed by atoms with E-state index in [0.717, 1.165) is 19.5 Å². The summed E-state index contributed by atoms with van der Waals surface area (Å²) in [6, 6.07) is 0.0405. The van der Waals surface area contributed by atoms with E-state index in [1.54, 1.807) is 4.90 Å². The maximum Gasteiger partial charge on any atom is 0.239 e. The third kappa shape index (κ3) is 3.70. The fourth-order valence-electron chi connectivity index (χ4n) is 2.38. The highest BCUT2D eigenvalue weighted by Gasteiger charge is 2.26. The summed E-state index contributed by atoms with van der Waals surface area (Å²) in [6.07, 6.45) is 1.39. The molecule has 1 heterocycles. The van der Waals surface area contributed by atoms with E-state index in [1.807, 2.05) is 32.7 Å². The van der Waals surface area contributed by atoms with Crippen LogP contribution >= 0.6 is 0 Å². The van der Waals surface area contributed by atoms with E-state index in [-0.39, 0.29) is 23.9 Å². The average Bonchev–Trinajstić information content (AvgIpc) is 2.35. The van der Waals surface area contributed by atoms with Crippen molar-refractivity contribution >= 4 is 11.8 Å². The number of carbonyl (C=O) groups is 2. The Kier molecular flexibility index (Phi) is 5.59. The summed E-state index contributed by atoms with van der Waals surface area (Å²) < 4.78 is 0. The van der Waals surface area contributed by atoms with Crippen LogP contribution in [-0.2, 0) is 9.59 Å². The number of amides is 2. The van der Waals surface area contributed by atoms with Crippen molar-refractivity contribution in [1.29, 1.82) is 0 Å². The Morgan fingerprint density at radius 1 is 1.50 bits per heavy atom. The highest BCUT2D eigenvalue weighted by Crippen LogP contribution is 2.10. The molecule has 1 fully saturated rings. The molecule has 1 rings (SSSR count). The Bertz CT molecular complexity index is 303. The molecule has 1 aliphatic heterocycles. The van der Waals surface area contributed by atoms with Gasteiger partial charge in [0.15, 0.2) is 0 Å². The standard InChI is InChI=1S/C13H25N3O2/c1-5-16(6-2)13(18)10(3)14-11-7-8-12(17)15(4)9-11/h10-11,14H,5-9H2,1-4H3. The van der Waals surface area contributed by atoms with E-state index >= 15 is 0 Å².